The highest BCUT2D eigenvalue weighted by Crippen LogP contribution is 2.31. The number of hydrogen-bond donors (Lipinski definition) is 1. The molecule has 0 unspecified atom stereocenters. The van der Waals surface area contributed by atoms with E-state index in [0.29, 0.717) is 11.4 Å². The molecule has 6 nitrogen and oxygen atoms in total. The molecule has 2 heterocycles. The largest absolute Gasteiger partial charge is 0.496 e. The molecule has 3 aromatic rings. The molecule has 0 radical (unpaired) electrons. The smallest absolute Gasteiger partial charge is 0.417 e. The molecule has 172 valence electrons. The third kappa shape index (κ3) is 5.64. The third-order valence-electron chi connectivity index (χ3n) is 6.05. The molecule has 1 aromatic heterocycles. The SMILES string of the molecule is COc1ccc(-c2cc(OC(=O)Nc3ccc(N4CCCCCC4)nc3)ccc2C)cc1C. The van der Waals surface area contributed by atoms with Crippen LogP contribution in [0.1, 0.15) is 36.8 Å². The number of amides is 1. The Morgan fingerprint density at radius 1 is 0.939 bits per heavy atom. The average Bonchev–Trinajstić information content (AvgIpc) is 3.10. The summed E-state index contributed by atoms with van der Waals surface area (Å²) in [5.74, 6) is 2.28. The number of aryl methyl sites for hydroxylation is 2. The molecule has 1 N–H and O–H groups in total. The van der Waals surface area contributed by atoms with E-state index in [-0.39, 0.29) is 0 Å². The summed E-state index contributed by atoms with van der Waals surface area (Å²) >= 11 is 0. The Bertz CT molecular complexity index is 1100. The Balaban J connectivity index is 1.42. The number of rotatable bonds is 5. The summed E-state index contributed by atoms with van der Waals surface area (Å²) in [6.07, 6.45) is 6.09. The number of carbonyl (C=O) groups excluding carboxylic acids is 1. The molecule has 4 rings (SSSR count). The number of aromatic nitrogens is 1. The maximum absolute atomic E-state index is 12.5. The Kier molecular flexibility index (Phi) is 7.13. The number of methoxy groups -OCH3 is 1. The predicted molar refractivity (Wildman–Crippen MR) is 132 cm³/mol. The molecule has 1 fully saturated rings. The number of nitrogens with one attached hydrogen (secondary N) is 1. The predicted octanol–water partition coefficient (Wildman–Crippen LogP) is 6.37. The van der Waals surface area contributed by atoms with Crippen molar-refractivity contribution in [3.63, 3.8) is 0 Å². The van der Waals surface area contributed by atoms with Crippen molar-refractivity contribution in [1.82, 2.24) is 4.98 Å². The van der Waals surface area contributed by atoms with Gasteiger partial charge < -0.3 is 14.4 Å². The van der Waals surface area contributed by atoms with E-state index in [1.165, 1.54) is 25.7 Å². The maximum Gasteiger partial charge on any atom is 0.417 e. The molecule has 1 saturated heterocycles. The van der Waals surface area contributed by atoms with Crippen molar-refractivity contribution in [2.45, 2.75) is 39.5 Å². The molecule has 0 spiro atoms. The van der Waals surface area contributed by atoms with Crippen molar-refractivity contribution in [3.8, 4) is 22.6 Å². The van der Waals surface area contributed by atoms with Crippen molar-refractivity contribution in [1.29, 1.82) is 0 Å². The zero-order valence-electron chi connectivity index (χ0n) is 19.6. The number of hydrogen-bond acceptors (Lipinski definition) is 5. The zero-order valence-corrected chi connectivity index (χ0v) is 19.6. The van der Waals surface area contributed by atoms with E-state index in [1.807, 2.05) is 50.2 Å². The quantitative estimate of drug-likeness (QED) is 0.495. The fraction of sp³-hybridized carbons (Fsp3) is 0.333. The molecule has 1 aliphatic rings. The number of benzene rings is 2. The Hall–Kier alpha value is -3.54. The summed E-state index contributed by atoms with van der Waals surface area (Å²) < 4.78 is 10.9. The van der Waals surface area contributed by atoms with Crippen LogP contribution in [0.4, 0.5) is 16.3 Å². The highest BCUT2D eigenvalue weighted by molar-refractivity contribution is 5.86. The van der Waals surface area contributed by atoms with Crippen LogP contribution >= 0.6 is 0 Å². The van der Waals surface area contributed by atoms with Crippen LogP contribution in [0.3, 0.4) is 0 Å². The van der Waals surface area contributed by atoms with Crippen LogP contribution in [-0.4, -0.2) is 31.3 Å². The van der Waals surface area contributed by atoms with Crippen molar-refractivity contribution in [3.05, 3.63) is 65.9 Å². The van der Waals surface area contributed by atoms with Crippen molar-refractivity contribution in [2.75, 3.05) is 30.4 Å². The molecule has 0 saturated carbocycles. The number of pyridine rings is 1. The van der Waals surface area contributed by atoms with Crippen LogP contribution in [0.2, 0.25) is 0 Å². The van der Waals surface area contributed by atoms with Gasteiger partial charge >= 0.3 is 6.09 Å². The molecule has 1 amide bonds. The lowest BCUT2D eigenvalue weighted by Gasteiger charge is -2.21. The highest BCUT2D eigenvalue weighted by atomic mass is 16.6. The van der Waals surface area contributed by atoms with Gasteiger partial charge in [0.2, 0.25) is 0 Å². The minimum Gasteiger partial charge on any atom is -0.496 e. The summed E-state index contributed by atoms with van der Waals surface area (Å²) in [5.41, 5.74) is 4.81. The average molecular weight is 446 g/mol. The first kappa shape index (κ1) is 22.6. The number of anilines is 2. The second kappa shape index (κ2) is 10.4. The van der Waals surface area contributed by atoms with Crippen LogP contribution in [-0.2, 0) is 0 Å². The zero-order chi connectivity index (χ0) is 23.2. The first-order chi connectivity index (χ1) is 16.0. The normalized spacial score (nSPS) is 13.8. The van der Waals surface area contributed by atoms with Gasteiger partial charge in [0.25, 0.3) is 0 Å². The molecule has 0 atom stereocenters. The van der Waals surface area contributed by atoms with Crippen LogP contribution in [0.5, 0.6) is 11.5 Å². The lowest BCUT2D eigenvalue weighted by Crippen LogP contribution is -2.25. The van der Waals surface area contributed by atoms with Gasteiger partial charge in [0.05, 0.1) is 19.0 Å². The Morgan fingerprint density at radius 2 is 1.73 bits per heavy atom. The van der Waals surface area contributed by atoms with E-state index >= 15 is 0 Å². The van der Waals surface area contributed by atoms with Gasteiger partial charge in [-0.1, -0.05) is 25.0 Å². The van der Waals surface area contributed by atoms with Gasteiger partial charge in [-0.05, 0) is 85.3 Å². The van der Waals surface area contributed by atoms with Gasteiger partial charge in [0.1, 0.15) is 17.3 Å². The van der Waals surface area contributed by atoms with Crippen LogP contribution < -0.4 is 19.7 Å². The molecule has 0 aliphatic carbocycles. The lowest BCUT2D eigenvalue weighted by molar-refractivity contribution is 0.215. The van der Waals surface area contributed by atoms with Crippen LogP contribution in [0.25, 0.3) is 11.1 Å². The summed E-state index contributed by atoms with van der Waals surface area (Å²) in [4.78, 5) is 19.3. The summed E-state index contributed by atoms with van der Waals surface area (Å²) in [5, 5.41) is 2.77. The Morgan fingerprint density at radius 3 is 2.39 bits per heavy atom. The van der Waals surface area contributed by atoms with Gasteiger partial charge in [-0.25, -0.2) is 9.78 Å². The van der Waals surface area contributed by atoms with E-state index in [2.05, 4.69) is 21.3 Å². The van der Waals surface area contributed by atoms with Crippen molar-refractivity contribution < 1.29 is 14.3 Å². The first-order valence-corrected chi connectivity index (χ1v) is 11.5. The highest BCUT2D eigenvalue weighted by Gasteiger charge is 2.13. The monoisotopic (exact) mass is 445 g/mol. The summed E-state index contributed by atoms with van der Waals surface area (Å²) in [7, 11) is 1.67. The second-order valence-corrected chi connectivity index (χ2v) is 8.48. The third-order valence-corrected chi connectivity index (χ3v) is 6.05. The standard InChI is InChI=1S/C27H31N3O3/c1-19-8-11-23(17-24(19)21-9-12-25(32-3)20(2)16-21)33-27(31)29-22-10-13-26(28-18-22)30-14-6-4-5-7-15-30/h8-13,16-18H,4-7,14-15H2,1-3H3,(H,29,31). The van der Waals surface area contributed by atoms with Crippen LogP contribution in [0.15, 0.2) is 54.7 Å². The fourth-order valence-electron chi connectivity index (χ4n) is 4.22. The molecular weight excluding hydrogens is 414 g/mol. The minimum absolute atomic E-state index is 0.482. The van der Waals surface area contributed by atoms with E-state index in [9.17, 15) is 4.79 Å². The number of ether oxygens (including phenoxy) is 2. The topological polar surface area (TPSA) is 63.7 Å². The molecule has 2 aromatic carbocycles. The minimum atomic E-state index is -0.542. The van der Waals surface area contributed by atoms with Gasteiger partial charge in [0, 0.05) is 13.1 Å². The molecule has 6 heteroatoms. The molecule has 0 bridgehead atoms. The van der Waals surface area contributed by atoms with E-state index in [4.69, 9.17) is 9.47 Å². The Labute approximate surface area is 195 Å². The van der Waals surface area contributed by atoms with E-state index in [1.54, 1.807) is 19.4 Å². The van der Waals surface area contributed by atoms with Gasteiger partial charge in [0.15, 0.2) is 0 Å². The van der Waals surface area contributed by atoms with Gasteiger partial charge in [-0.15, -0.1) is 0 Å². The molecular formula is C27H31N3O3. The van der Waals surface area contributed by atoms with Crippen molar-refractivity contribution >= 4 is 17.6 Å². The first-order valence-electron chi connectivity index (χ1n) is 11.5. The number of nitrogens with zero attached hydrogens (tertiary/aromatic N) is 2. The second-order valence-electron chi connectivity index (χ2n) is 8.48. The van der Waals surface area contributed by atoms with Gasteiger partial charge in [-0.2, -0.15) is 0 Å². The lowest BCUT2D eigenvalue weighted by atomic mass is 9.98. The van der Waals surface area contributed by atoms with Crippen LogP contribution in [0, 0.1) is 13.8 Å². The van der Waals surface area contributed by atoms with Gasteiger partial charge in [-0.3, -0.25) is 5.32 Å². The summed E-state index contributed by atoms with van der Waals surface area (Å²) in [6, 6.07) is 15.5. The van der Waals surface area contributed by atoms with E-state index < -0.39 is 6.09 Å². The number of carbonyl (C=O) groups is 1. The van der Waals surface area contributed by atoms with Crippen molar-refractivity contribution in [2.24, 2.45) is 0 Å². The maximum atomic E-state index is 12.5. The molecule has 1 aliphatic heterocycles. The fourth-order valence-corrected chi connectivity index (χ4v) is 4.22. The summed E-state index contributed by atoms with van der Waals surface area (Å²) in [6.45, 7) is 6.12. The van der Waals surface area contributed by atoms with E-state index in [0.717, 1.165) is 46.9 Å². The molecule has 33 heavy (non-hydrogen) atoms.